The van der Waals surface area contributed by atoms with Crippen LogP contribution in [0.3, 0.4) is 0 Å². The lowest BCUT2D eigenvalue weighted by atomic mass is 9.74. The number of esters is 1. The molecule has 3 atom stereocenters. The van der Waals surface area contributed by atoms with Gasteiger partial charge in [-0.1, -0.05) is 110 Å². The maximum absolute atomic E-state index is 14.5. The number of hydroxylamine groups is 1. The minimum atomic E-state index is -4.40. The number of carbonyl (C=O) groups excluding carboxylic acids is 1. The van der Waals surface area contributed by atoms with Crippen LogP contribution in [0.15, 0.2) is 155 Å². The number of nitrogens with one attached hydrogen (secondary N) is 1. The third kappa shape index (κ3) is 9.77. The number of hydrogen-bond acceptors (Lipinski definition) is 9. The third-order valence-corrected chi connectivity index (χ3v) is 11.2. The van der Waals surface area contributed by atoms with Crippen LogP contribution in [0, 0.1) is 11.8 Å². The van der Waals surface area contributed by atoms with Crippen molar-refractivity contribution in [1.82, 2.24) is 10.5 Å². The molecule has 0 spiro atoms. The molecule has 4 aromatic rings. The standard InChI is InChI=1S/C49H50F3N3O6/c1-33-28-36-23-27-43(49(50,51)52)34(2)46(36)55(54-33)61-32-60-41-24-20-35(21-25-41)29-44(47(56)59-31-37-22-26-42(57-3)30-45(37)58-4)53-48(38-14-8-5-9-15-38,39-16-10-6-11-17-39)40-18-12-7-13-19-40/h5-6,8-12,14-27,30,34,43-44,53H,7,13,28-29,31-32H2,1-4H3. The Kier molecular flexibility index (Phi) is 13.4. The topological polar surface area (TPSA) is 90.9 Å². The maximum atomic E-state index is 14.5. The van der Waals surface area contributed by atoms with Crippen LogP contribution in [0.1, 0.15) is 55.4 Å². The first kappa shape index (κ1) is 43.0. The molecule has 0 fully saturated rings. The second-order valence-electron chi connectivity index (χ2n) is 15.3. The quantitative estimate of drug-likeness (QED) is 0.0882. The first-order chi connectivity index (χ1) is 29.5. The summed E-state index contributed by atoms with van der Waals surface area (Å²) in [4.78, 5) is 20.4. The molecular formula is C49H50F3N3O6. The first-order valence-corrected chi connectivity index (χ1v) is 20.3. The fourth-order valence-electron chi connectivity index (χ4n) is 8.19. The minimum absolute atomic E-state index is 0.0336. The predicted molar refractivity (Wildman–Crippen MR) is 228 cm³/mol. The van der Waals surface area contributed by atoms with Crippen molar-refractivity contribution in [1.29, 1.82) is 0 Å². The fourth-order valence-corrected chi connectivity index (χ4v) is 8.19. The first-order valence-electron chi connectivity index (χ1n) is 20.3. The molecule has 0 saturated carbocycles. The van der Waals surface area contributed by atoms with Crippen molar-refractivity contribution in [2.45, 2.75) is 63.9 Å². The van der Waals surface area contributed by atoms with Gasteiger partial charge in [-0.3, -0.25) is 10.1 Å². The van der Waals surface area contributed by atoms with Crippen LogP contribution in [0.2, 0.25) is 0 Å². The summed E-state index contributed by atoms with van der Waals surface area (Å²) in [6.07, 6.45) is 7.28. The third-order valence-electron chi connectivity index (χ3n) is 11.2. The van der Waals surface area contributed by atoms with E-state index in [1.165, 1.54) is 24.2 Å². The number of allylic oxidation sites excluding steroid dienone is 6. The average molecular weight is 834 g/mol. The molecule has 61 heavy (non-hydrogen) atoms. The number of ether oxygens (including phenoxy) is 4. The fraction of sp³-hybridized carbons (Fsp3) is 0.306. The van der Waals surface area contributed by atoms with E-state index in [9.17, 15) is 18.0 Å². The number of alkyl halides is 3. The molecule has 0 aromatic heterocycles. The van der Waals surface area contributed by atoms with Crippen LogP contribution in [0.5, 0.6) is 17.2 Å². The summed E-state index contributed by atoms with van der Waals surface area (Å²) in [5.74, 6) is -1.40. The second kappa shape index (κ2) is 19.1. The SMILES string of the molecule is COc1ccc(COC(=O)C(Cc2ccc(OCON3N=C(C)CC4=C3C(C)C(C(F)(F)F)C=C4)cc2)NC(C2=CCCC=C2)(c2ccccc2)c2ccccc2)c(OC)c1. The zero-order valence-electron chi connectivity index (χ0n) is 34.7. The van der Waals surface area contributed by atoms with Gasteiger partial charge >= 0.3 is 12.1 Å². The Bertz CT molecular complexity index is 2270. The highest BCUT2D eigenvalue weighted by atomic mass is 19.4. The molecule has 1 aliphatic heterocycles. The number of benzene rings is 4. The molecule has 1 N–H and O–H groups in total. The minimum Gasteiger partial charge on any atom is -0.497 e. The molecule has 12 heteroatoms. The normalized spacial score (nSPS) is 18.2. The number of nitrogens with zero attached hydrogens (tertiary/aromatic N) is 2. The highest BCUT2D eigenvalue weighted by Crippen LogP contribution is 2.44. The van der Waals surface area contributed by atoms with Crippen LogP contribution in [0.4, 0.5) is 13.2 Å². The van der Waals surface area contributed by atoms with Gasteiger partial charge in [0.15, 0.2) is 0 Å². The highest BCUT2D eigenvalue weighted by Gasteiger charge is 2.46. The van der Waals surface area contributed by atoms with Crippen LogP contribution >= 0.6 is 0 Å². The molecule has 4 aromatic carbocycles. The van der Waals surface area contributed by atoms with E-state index in [-0.39, 0.29) is 19.8 Å². The van der Waals surface area contributed by atoms with E-state index in [4.69, 9.17) is 23.8 Å². The Morgan fingerprint density at radius 1 is 0.885 bits per heavy atom. The lowest BCUT2D eigenvalue weighted by molar-refractivity contribution is -0.201. The van der Waals surface area contributed by atoms with Gasteiger partial charge in [-0.05, 0) is 78.3 Å². The molecule has 3 aliphatic rings. The van der Waals surface area contributed by atoms with Crippen LogP contribution in [-0.4, -0.2) is 50.1 Å². The number of rotatable bonds is 16. The number of carbonyl (C=O) groups is 1. The largest absolute Gasteiger partial charge is 0.497 e. The van der Waals surface area contributed by atoms with Crippen LogP contribution in [0.25, 0.3) is 0 Å². The Morgan fingerprint density at radius 2 is 1.57 bits per heavy atom. The number of methoxy groups -OCH3 is 2. The van der Waals surface area contributed by atoms with Crippen molar-refractivity contribution in [3.8, 4) is 17.2 Å². The van der Waals surface area contributed by atoms with Gasteiger partial charge in [-0.15, -0.1) is 5.17 Å². The molecule has 0 radical (unpaired) electrons. The summed E-state index contributed by atoms with van der Waals surface area (Å²) in [5.41, 5.74) is 5.30. The zero-order chi connectivity index (χ0) is 43.0. The summed E-state index contributed by atoms with van der Waals surface area (Å²) in [6, 6.07) is 31.9. The van der Waals surface area contributed by atoms with Crippen molar-refractivity contribution in [3.05, 3.63) is 173 Å². The molecule has 2 aliphatic carbocycles. The van der Waals surface area contributed by atoms with Gasteiger partial charge in [-0.25, -0.2) is 4.84 Å². The summed E-state index contributed by atoms with van der Waals surface area (Å²) >= 11 is 0. The van der Waals surface area contributed by atoms with E-state index in [0.29, 0.717) is 40.6 Å². The molecule has 318 valence electrons. The van der Waals surface area contributed by atoms with Gasteiger partial charge in [0, 0.05) is 29.7 Å². The van der Waals surface area contributed by atoms with Crippen LogP contribution in [-0.2, 0) is 32.9 Å². The lowest BCUT2D eigenvalue weighted by Gasteiger charge is -2.41. The van der Waals surface area contributed by atoms with Gasteiger partial charge in [0.1, 0.15) is 29.9 Å². The van der Waals surface area contributed by atoms with Gasteiger partial charge in [0.05, 0.1) is 31.4 Å². The predicted octanol–water partition coefficient (Wildman–Crippen LogP) is 10.2. The molecule has 7 rings (SSSR count). The maximum Gasteiger partial charge on any atom is 0.395 e. The highest BCUT2D eigenvalue weighted by molar-refractivity contribution is 5.85. The Balaban J connectivity index is 1.14. The molecule has 0 bridgehead atoms. The van der Waals surface area contributed by atoms with Crippen molar-refractivity contribution < 1.29 is 41.8 Å². The average Bonchev–Trinajstić information content (AvgIpc) is 3.27. The van der Waals surface area contributed by atoms with E-state index in [2.05, 4.69) is 52.9 Å². The van der Waals surface area contributed by atoms with Gasteiger partial charge < -0.3 is 18.9 Å². The smallest absolute Gasteiger partial charge is 0.395 e. The van der Waals surface area contributed by atoms with Gasteiger partial charge in [-0.2, -0.15) is 18.3 Å². The second-order valence-corrected chi connectivity index (χ2v) is 15.3. The summed E-state index contributed by atoms with van der Waals surface area (Å²) in [7, 11) is 3.13. The van der Waals surface area contributed by atoms with Crippen molar-refractivity contribution in [2.75, 3.05) is 21.0 Å². The Labute approximate surface area is 354 Å². The number of hydrazone groups is 1. The van der Waals surface area contributed by atoms with Crippen LogP contribution < -0.4 is 19.5 Å². The molecule has 3 unspecified atom stereocenters. The van der Waals surface area contributed by atoms with E-state index in [0.717, 1.165) is 40.7 Å². The Hall–Kier alpha value is -6.11. The molecular weight excluding hydrogens is 784 g/mol. The zero-order valence-corrected chi connectivity index (χ0v) is 34.7. The Morgan fingerprint density at radius 3 is 2.20 bits per heavy atom. The molecule has 0 amide bonds. The van der Waals surface area contributed by atoms with Crippen molar-refractivity contribution >= 4 is 11.7 Å². The van der Waals surface area contributed by atoms with Crippen molar-refractivity contribution in [2.24, 2.45) is 16.9 Å². The number of halogens is 3. The number of hydrogen-bond donors (Lipinski definition) is 1. The monoisotopic (exact) mass is 833 g/mol. The van der Waals surface area contributed by atoms with Crippen molar-refractivity contribution in [3.63, 3.8) is 0 Å². The lowest BCUT2D eigenvalue weighted by Crippen LogP contribution is -2.54. The summed E-state index contributed by atoms with van der Waals surface area (Å²) in [5, 5.41) is 9.41. The van der Waals surface area contributed by atoms with Gasteiger partial charge in [0.25, 0.3) is 0 Å². The molecule has 9 nitrogen and oxygen atoms in total. The summed E-state index contributed by atoms with van der Waals surface area (Å²) in [6.45, 7) is 3.00. The van der Waals surface area contributed by atoms with E-state index < -0.39 is 35.6 Å². The van der Waals surface area contributed by atoms with E-state index in [1.807, 2.05) is 54.6 Å². The van der Waals surface area contributed by atoms with E-state index >= 15 is 0 Å². The molecule has 0 saturated heterocycles. The molecule has 1 heterocycles. The van der Waals surface area contributed by atoms with Gasteiger partial charge in [0.2, 0.25) is 6.79 Å². The summed E-state index contributed by atoms with van der Waals surface area (Å²) < 4.78 is 64.5. The van der Waals surface area contributed by atoms with E-state index in [1.54, 1.807) is 45.4 Å².